The highest BCUT2D eigenvalue weighted by atomic mass is 35.5. The molecule has 0 amide bonds. The van der Waals surface area contributed by atoms with Crippen LogP contribution in [0.1, 0.15) is 45.2 Å². The molecule has 0 aromatic carbocycles. The summed E-state index contributed by atoms with van der Waals surface area (Å²) in [5.74, 6) is 0. The van der Waals surface area contributed by atoms with Gasteiger partial charge in [-0.2, -0.15) is 0 Å². The van der Waals surface area contributed by atoms with Gasteiger partial charge in [0.05, 0.1) is 4.92 Å². The molecule has 106 valence electrons. The summed E-state index contributed by atoms with van der Waals surface area (Å²) in [4.78, 5) is 14.6. The molecule has 0 saturated heterocycles. The molecule has 0 aliphatic carbocycles. The first-order chi connectivity index (χ1) is 8.99. The lowest BCUT2D eigenvalue weighted by Gasteiger charge is -2.19. The number of nitrogens with one attached hydrogen (secondary N) is 1. The second kappa shape index (κ2) is 7.28. The first-order valence-electron chi connectivity index (χ1n) is 6.57. The molecule has 0 bridgehead atoms. The lowest BCUT2D eigenvalue weighted by Crippen LogP contribution is -2.20. The van der Waals surface area contributed by atoms with Gasteiger partial charge in [0.2, 0.25) is 5.15 Å². The minimum Gasteiger partial charge on any atom is -0.377 e. The van der Waals surface area contributed by atoms with Crippen LogP contribution in [0.2, 0.25) is 5.15 Å². The van der Waals surface area contributed by atoms with Crippen LogP contribution in [0.15, 0.2) is 6.07 Å². The number of anilines is 1. The van der Waals surface area contributed by atoms with Crippen molar-refractivity contribution in [3.63, 3.8) is 0 Å². The first-order valence-corrected chi connectivity index (χ1v) is 6.95. The van der Waals surface area contributed by atoms with Crippen LogP contribution in [0.3, 0.4) is 0 Å². The molecule has 1 N–H and O–H groups in total. The number of hydrogen-bond acceptors (Lipinski definition) is 4. The van der Waals surface area contributed by atoms with Gasteiger partial charge >= 0.3 is 5.69 Å². The van der Waals surface area contributed by atoms with Crippen LogP contribution < -0.4 is 5.32 Å². The molecule has 5 nitrogen and oxygen atoms in total. The molecule has 0 radical (unpaired) electrons. The summed E-state index contributed by atoms with van der Waals surface area (Å²) >= 11 is 5.87. The summed E-state index contributed by atoms with van der Waals surface area (Å²) < 4.78 is 0. The third-order valence-corrected chi connectivity index (χ3v) is 3.16. The van der Waals surface area contributed by atoms with Crippen LogP contribution in [-0.2, 0) is 0 Å². The second-order valence-corrected chi connectivity index (χ2v) is 4.98. The van der Waals surface area contributed by atoms with Crippen LogP contribution in [0.4, 0.5) is 11.4 Å². The Morgan fingerprint density at radius 3 is 2.47 bits per heavy atom. The van der Waals surface area contributed by atoms with Gasteiger partial charge in [-0.25, -0.2) is 4.98 Å². The molecule has 1 heterocycles. The molecule has 0 fully saturated rings. The van der Waals surface area contributed by atoms with Crippen molar-refractivity contribution >= 4 is 23.0 Å². The molecule has 0 atom stereocenters. The summed E-state index contributed by atoms with van der Waals surface area (Å²) in [5, 5.41) is 14.3. The third kappa shape index (κ3) is 4.35. The van der Waals surface area contributed by atoms with Crippen LogP contribution in [0, 0.1) is 17.0 Å². The fourth-order valence-corrected chi connectivity index (χ4v) is 2.42. The van der Waals surface area contributed by atoms with E-state index in [2.05, 4.69) is 24.1 Å². The summed E-state index contributed by atoms with van der Waals surface area (Å²) in [7, 11) is 0. The maximum atomic E-state index is 11.1. The molecule has 1 aromatic heterocycles. The molecule has 0 spiro atoms. The molecule has 0 saturated carbocycles. The van der Waals surface area contributed by atoms with Crippen molar-refractivity contribution in [2.45, 2.75) is 52.5 Å². The zero-order valence-electron chi connectivity index (χ0n) is 11.6. The van der Waals surface area contributed by atoms with Crippen molar-refractivity contribution in [3.8, 4) is 0 Å². The molecular formula is C13H20ClN3O2. The van der Waals surface area contributed by atoms with Gasteiger partial charge in [0.1, 0.15) is 5.69 Å². The van der Waals surface area contributed by atoms with Crippen molar-refractivity contribution < 1.29 is 4.92 Å². The number of aromatic nitrogens is 1. The van der Waals surface area contributed by atoms with Gasteiger partial charge in [0.25, 0.3) is 0 Å². The Bertz CT molecular complexity index is 446. The Hall–Kier alpha value is -1.36. The van der Waals surface area contributed by atoms with E-state index in [-0.39, 0.29) is 16.9 Å². The zero-order chi connectivity index (χ0) is 14.4. The summed E-state index contributed by atoms with van der Waals surface area (Å²) in [6, 6.07) is 1.91. The van der Waals surface area contributed by atoms with E-state index in [1.54, 1.807) is 13.0 Å². The fraction of sp³-hybridized carbons (Fsp3) is 0.615. The largest absolute Gasteiger partial charge is 0.377 e. The standard InChI is InChI=1S/C13H20ClN3O2/c1-4-6-10(7-5-2)16-11-8-9(3)15-13(14)12(11)17(18)19/h8,10H,4-7H2,1-3H3,(H,15,16). The van der Waals surface area contributed by atoms with E-state index < -0.39 is 4.92 Å². The van der Waals surface area contributed by atoms with Crippen molar-refractivity contribution in [2.24, 2.45) is 0 Å². The summed E-state index contributed by atoms with van der Waals surface area (Å²) in [6.45, 7) is 5.97. The van der Waals surface area contributed by atoms with E-state index in [0.717, 1.165) is 25.7 Å². The average Bonchev–Trinajstić information content (AvgIpc) is 2.27. The number of nitro groups is 1. The van der Waals surface area contributed by atoms with Crippen molar-refractivity contribution in [3.05, 3.63) is 27.0 Å². The Morgan fingerprint density at radius 1 is 1.42 bits per heavy atom. The quantitative estimate of drug-likeness (QED) is 0.460. The van der Waals surface area contributed by atoms with Gasteiger partial charge in [-0.15, -0.1) is 0 Å². The van der Waals surface area contributed by atoms with Gasteiger partial charge in [-0.1, -0.05) is 38.3 Å². The van der Waals surface area contributed by atoms with E-state index in [0.29, 0.717) is 11.4 Å². The lowest BCUT2D eigenvalue weighted by molar-refractivity contribution is -0.384. The van der Waals surface area contributed by atoms with Crippen LogP contribution in [-0.4, -0.2) is 15.9 Å². The predicted octanol–water partition coefficient (Wildman–Crippen LogP) is 4.33. The van der Waals surface area contributed by atoms with Crippen LogP contribution in [0.25, 0.3) is 0 Å². The van der Waals surface area contributed by atoms with Gasteiger partial charge in [-0.05, 0) is 25.8 Å². The Morgan fingerprint density at radius 2 is 2.00 bits per heavy atom. The SMILES string of the molecule is CCCC(CCC)Nc1cc(C)nc(Cl)c1[N+](=O)[O-]. The van der Waals surface area contributed by atoms with Crippen molar-refractivity contribution in [1.29, 1.82) is 0 Å². The molecular weight excluding hydrogens is 266 g/mol. The normalized spacial score (nSPS) is 10.8. The number of nitrogens with zero attached hydrogens (tertiary/aromatic N) is 2. The monoisotopic (exact) mass is 285 g/mol. The average molecular weight is 286 g/mol. The Labute approximate surface area is 118 Å². The molecule has 0 unspecified atom stereocenters. The van der Waals surface area contributed by atoms with Crippen LogP contribution >= 0.6 is 11.6 Å². The van der Waals surface area contributed by atoms with Gasteiger partial charge in [0, 0.05) is 11.7 Å². The van der Waals surface area contributed by atoms with Gasteiger partial charge in [0.15, 0.2) is 0 Å². The van der Waals surface area contributed by atoms with E-state index in [9.17, 15) is 10.1 Å². The van der Waals surface area contributed by atoms with E-state index in [1.165, 1.54) is 0 Å². The fourth-order valence-electron chi connectivity index (χ4n) is 2.12. The Kier molecular flexibility index (Phi) is 6.02. The van der Waals surface area contributed by atoms with E-state index in [1.807, 2.05) is 0 Å². The molecule has 0 aliphatic heterocycles. The highest BCUT2D eigenvalue weighted by Crippen LogP contribution is 2.32. The minimum atomic E-state index is -0.480. The molecule has 6 heteroatoms. The predicted molar refractivity (Wildman–Crippen MR) is 77.9 cm³/mol. The second-order valence-electron chi connectivity index (χ2n) is 4.63. The molecule has 0 aliphatic rings. The maximum absolute atomic E-state index is 11.1. The van der Waals surface area contributed by atoms with Crippen molar-refractivity contribution in [2.75, 3.05) is 5.32 Å². The lowest BCUT2D eigenvalue weighted by atomic mass is 10.1. The third-order valence-electron chi connectivity index (χ3n) is 2.89. The van der Waals surface area contributed by atoms with E-state index >= 15 is 0 Å². The smallest absolute Gasteiger partial charge is 0.329 e. The van der Waals surface area contributed by atoms with Gasteiger partial charge < -0.3 is 5.32 Å². The number of hydrogen-bond donors (Lipinski definition) is 1. The number of halogens is 1. The number of aryl methyl sites for hydroxylation is 1. The first kappa shape index (κ1) is 15.7. The highest BCUT2D eigenvalue weighted by molar-refractivity contribution is 6.32. The van der Waals surface area contributed by atoms with Crippen molar-refractivity contribution in [1.82, 2.24) is 4.98 Å². The number of pyridine rings is 1. The van der Waals surface area contributed by atoms with Crippen LogP contribution in [0.5, 0.6) is 0 Å². The highest BCUT2D eigenvalue weighted by Gasteiger charge is 2.22. The molecule has 19 heavy (non-hydrogen) atoms. The number of rotatable bonds is 7. The minimum absolute atomic E-state index is 0.0563. The molecule has 1 rings (SSSR count). The van der Waals surface area contributed by atoms with E-state index in [4.69, 9.17) is 11.6 Å². The summed E-state index contributed by atoms with van der Waals surface area (Å²) in [5.41, 5.74) is 1.00. The molecule has 1 aromatic rings. The van der Waals surface area contributed by atoms with Gasteiger partial charge in [-0.3, -0.25) is 10.1 Å². The summed E-state index contributed by atoms with van der Waals surface area (Å²) in [6.07, 6.45) is 4.01. The maximum Gasteiger partial charge on any atom is 0.329 e. The Balaban J connectivity index is 3.06. The topological polar surface area (TPSA) is 68.1 Å². The zero-order valence-corrected chi connectivity index (χ0v) is 12.3.